The maximum atomic E-state index is 12.8. The van der Waals surface area contributed by atoms with Gasteiger partial charge in [0, 0.05) is 24.8 Å². The van der Waals surface area contributed by atoms with Gasteiger partial charge in [0.1, 0.15) is 6.10 Å². The molecule has 2 heterocycles. The molecule has 0 radical (unpaired) electrons. The first-order valence-electron chi connectivity index (χ1n) is 11.4. The molecule has 10 heteroatoms. The molecule has 0 saturated carbocycles. The Morgan fingerprint density at radius 2 is 1.34 bits per heavy atom. The fraction of sp³-hybridized carbons (Fsp3) is 0.480. The molecule has 0 unspecified atom stereocenters. The number of hydrogen-bond donors (Lipinski definition) is 0. The maximum absolute atomic E-state index is 12.8. The summed E-state index contributed by atoms with van der Waals surface area (Å²) in [6, 6.07) is 7.31. The number of hydrogen-bond acceptors (Lipinski definition) is 8. The van der Waals surface area contributed by atoms with Gasteiger partial charge in [-0.25, -0.2) is 0 Å². The highest BCUT2D eigenvalue weighted by Gasteiger charge is 2.53. The van der Waals surface area contributed by atoms with Gasteiger partial charge in [0.25, 0.3) is 10.1 Å². The minimum Gasteiger partial charge on any atom is -0.493 e. The Bertz CT molecular complexity index is 1290. The first kappa shape index (κ1) is 23.7. The van der Waals surface area contributed by atoms with Crippen molar-refractivity contribution in [1.82, 2.24) is 4.90 Å². The quantitative estimate of drug-likeness (QED) is 0.555. The average molecular weight is 504 g/mol. The number of carbonyl (C=O) groups excluding carboxylic acids is 1. The lowest BCUT2D eigenvalue weighted by Crippen LogP contribution is -2.55. The lowest BCUT2D eigenvalue weighted by atomic mass is 9.65. The van der Waals surface area contributed by atoms with E-state index in [4.69, 9.17) is 23.1 Å². The van der Waals surface area contributed by atoms with Crippen LogP contribution in [0.4, 0.5) is 0 Å². The van der Waals surface area contributed by atoms with Crippen LogP contribution in [0.25, 0.3) is 11.1 Å². The van der Waals surface area contributed by atoms with Crippen molar-refractivity contribution in [2.24, 2.45) is 0 Å². The summed E-state index contributed by atoms with van der Waals surface area (Å²) in [5.74, 6) is 1.68. The lowest BCUT2D eigenvalue weighted by molar-refractivity contribution is -0.132. The van der Waals surface area contributed by atoms with Crippen LogP contribution in [0, 0.1) is 0 Å². The van der Waals surface area contributed by atoms with Crippen LogP contribution in [-0.4, -0.2) is 72.6 Å². The third-order valence-corrected chi connectivity index (χ3v) is 7.95. The van der Waals surface area contributed by atoms with Crippen LogP contribution in [0.5, 0.6) is 23.0 Å². The molecule has 1 amide bonds. The standard InChI is InChI=1S/C25H29NO8S/c1-30-19-8-13-14-9-20(31-2)22(33-4)11-16(14)24-17(15(13)10-21(19)32-3)12-26-18(6-7-23(26)27)25(24)34-35(5,28)29/h8-11,17-18,24-25H,6-7,12H2,1-5H3/t17-,18-,24+,25-/m0/s1. The van der Waals surface area contributed by atoms with E-state index in [2.05, 4.69) is 0 Å². The highest BCUT2D eigenvalue weighted by Crippen LogP contribution is 2.57. The smallest absolute Gasteiger partial charge is 0.264 e. The molecular formula is C25H29NO8S. The van der Waals surface area contributed by atoms with Gasteiger partial charge in [-0.3, -0.25) is 8.98 Å². The summed E-state index contributed by atoms with van der Waals surface area (Å²) >= 11 is 0. The lowest BCUT2D eigenvalue weighted by Gasteiger charge is -2.49. The van der Waals surface area contributed by atoms with E-state index in [1.807, 2.05) is 24.3 Å². The highest BCUT2D eigenvalue weighted by atomic mass is 32.2. The van der Waals surface area contributed by atoms with Crippen molar-refractivity contribution in [1.29, 1.82) is 0 Å². The minimum absolute atomic E-state index is 0.00989. The third-order valence-electron chi connectivity index (χ3n) is 7.38. The Labute approximate surface area is 205 Å². The number of methoxy groups -OCH3 is 4. The van der Waals surface area contributed by atoms with Crippen LogP contribution in [0.2, 0.25) is 0 Å². The number of rotatable bonds is 6. The molecule has 0 aromatic heterocycles. The van der Waals surface area contributed by atoms with Crippen molar-refractivity contribution < 1.29 is 36.3 Å². The van der Waals surface area contributed by atoms with Crippen molar-refractivity contribution in [3.8, 4) is 34.1 Å². The summed E-state index contributed by atoms with van der Waals surface area (Å²) < 4.78 is 52.9. The third kappa shape index (κ3) is 3.79. The molecule has 35 heavy (non-hydrogen) atoms. The van der Waals surface area contributed by atoms with Crippen LogP contribution >= 0.6 is 0 Å². The second-order valence-electron chi connectivity index (χ2n) is 9.14. The van der Waals surface area contributed by atoms with Gasteiger partial charge in [-0.15, -0.1) is 0 Å². The number of piperidine rings is 1. The second-order valence-corrected chi connectivity index (χ2v) is 10.7. The summed E-state index contributed by atoms with van der Waals surface area (Å²) in [5.41, 5.74) is 3.61. The predicted molar refractivity (Wildman–Crippen MR) is 128 cm³/mol. The second kappa shape index (κ2) is 8.60. The molecule has 3 aliphatic rings. The molecular weight excluding hydrogens is 474 g/mol. The zero-order valence-corrected chi connectivity index (χ0v) is 21.2. The predicted octanol–water partition coefficient (Wildman–Crippen LogP) is 2.92. The van der Waals surface area contributed by atoms with Crippen LogP contribution in [0.15, 0.2) is 24.3 Å². The van der Waals surface area contributed by atoms with Gasteiger partial charge >= 0.3 is 0 Å². The highest BCUT2D eigenvalue weighted by molar-refractivity contribution is 7.86. The molecule has 0 spiro atoms. The fourth-order valence-electron chi connectivity index (χ4n) is 5.98. The van der Waals surface area contributed by atoms with Crippen molar-refractivity contribution in [3.05, 3.63) is 35.4 Å². The molecule has 4 atom stereocenters. The Morgan fingerprint density at radius 1 is 0.829 bits per heavy atom. The van der Waals surface area contributed by atoms with E-state index in [0.717, 1.165) is 28.5 Å². The number of nitrogens with zero attached hydrogens (tertiary/aromatic N) is 1. The minimum atomic E-state index is -3.80. The van der Waals surface area contributed by atoms with E-state index in [0.29, 0.717) is 42.4 Å². The van der Waals surface area contributed by atoms with Crippen molar-refractivity contribution in [2.75, 3.05) is 41.2 Å². The van der Waals surface area contributed by atoms with Gasteiger partial charge < -0.3 is 23.8 Å². The van der Waals surface area contributed by atoms with Gasteiger partial charge in [0.05, 0.1) is 40.7 Å². The van der Waals surface area contributed by atoms with E-state index in [9.17, 15) is 13.2 Å². The Hall–Kier alpha value is -2.98. The number of benzene rings is 2. The number of ether oxygens (including phenoxy) is 4. The molecule has 2 aromatic rings. The van der Waals surface area contributed by atoms with Crippen LogP contribution < -0.4 is 18.9 Å². The zero-order chi connectivity index (χ0) is 25.1. The monoisotopic (exact) mass is 503 g/mol. The molecule has 188 valence electrons. The molecule has 5 rings (SSSR count). The number of carbonyl (C=O) groups is 1. The summed E-state index contributed by atoms with van der Waals surface area (Å²) in [6.45, 7) is 0.452. The molecule has 9 nitrogen and oxygen atoms in total. The molecule has 2 aromatic carbocycles. The average Bonchev–Trinajstić information content (AvgIpc) is 3.21. The largest absolute Gasteiger partial charge is 0.493 e. The summed E-state index contributed by atoms with van der Waals surface area (Å²) in [5, 5.41) is 0. The summed E-state index contributed by atoms with van der Waals surface area (Å²) in [4.78, 5) is 14.6. The Morgan fingerprint density at radius 3 is 1.89 bits per heavy atom. The van der Waals surface area contributed by atoms with Gasteiger partial charge in [-0.05, 0) is 52.9 Å². The fourth-order valence-corrected chi connectivity index (χ4v) is 6.63. The van der Waals surface area contributed by atoms with Gasteiger partial charge in [-0.2, -0.15) is 8.42 Å². The van der Waals surface area contributed by atoms with Gasteiger partial charge in [0.15, 0.2) is 23.0 Å². The topological polar surface area (TPSA) is 101 Å². The van der Waals surface area contributed by atoms with E-state index < -0.39 is 16.2 Å². The maximum Gasteiger partial charge on any atom is 0.264 e. The molecule has 0 bridgehead atoms. The molecule has 2 saturated heterocycles. The normalized spacial score (nSPS) is 24.7. The van der Waals surface area contributed by atoms with E-state index in [1.165, 1.54) is 0 Å². The first-order valence-corrected chi connectivity index (χ1v) is 13.2. The van der Waals surface area contributed by atoms with Crippen LogP contribution in [-0.2, 0) is 19.1 Å². The SMILES string of the molecule is COc1cc2c(cc1OC)[C@H]1[C@@H](OS(C)(=O)=O)[C@@H]3CCC(=O)N3C[C@H]1c1cc(OC)c(OC)cc1-2. The van der Waals surface area contributed by atoms with Crippen molar-refractivity contribution >= 4 is 16.0 Å². The summed E-state index contributed by atoms with van der Waals surface area (Å²) in [7, 11) is 2.49. The summed E-state index contributed by atoms with van der Waals surface area (Å²) in [6.07, 6.45) is 1.22. The van der Waals surface area contributed by atoms with Crippen molar-refractivity contribution in [2.45, 2.75) is 36.8 Å². The van der Waals surface area contributed by atoms with Crippen LogP contribution in [0.3, 0.4) is 0 Å². The van der Waals surface area contributed by atoms with E-state index in [1.54, 1.807) is 33.3 Å². The van der Waals surface area contributed by atoms with Gasteiger partial charge in [-0.1, -0.05) is 0 Å². The molecule has 1 aliphatic carbocycles. The Balaban J connectivity index is 1.80. The van der Waals surface area contributed by atoms with Crippen LogP contribution in [0.1, 0.15) is 35.8 Å². The first-order chi connectivity index (χ1) is 16.7. The van der Waals surface area contributed by atoms with Crippen molar-refractivity contribution in [3.63, 3.8) is 0 Å². The molecule has 0 N–H and O–H groups in total. The molecule has 2 fully saturated rings. The van der Waals surface area contributed by atoms with E-state index in [-0.39, 0.29) is 23.8 Å². The van der Waals surface area contributed by atoms with Gasteiger partial charge in [0.2, 0.25) is 5.91 Å². The number of amides is 1. The molecule has 2 aliphatic heterocycles. The zero-order valence-electron chi connectivity index (χ0n) is 20.4. The Kier molecular flexibility index (Phi) is 5.83. The number of fused-ring (bicyclic) bond motifs is 7. The van der Waals surface area contributed by atoms with E-state index >= 15 is 0 Å².